The number of carbonyl (C=O) groups excluding carboxylic acids is 2. The number of hydrogen-bond donors (Lipinski definition) is 0. The van der Waals surface area contributed by atoms with Crippen LogP contribution in [0.2, 0.25) is 0 Å². The van der Waals surface area contributed by atoms with Gasteiger partial charge in [-0.25, -0.2) is 4.39 Å². The van der Waals surface area contributed by atoms with Crippen LogP contribution in [0.15, 0.2) is 40.7 Å². The first kappa shape index (κ1) is 16.5. The molecule has 0 N–H and O–H groups in total. The number of hydrogen-bond acceptors (Lipinski definition) is 5. The minimum atomic E-state index is -0.537. The second-order valence-electron chi connectivity index (χ2n) is 4.90. The first-order valence-corrected chi connectivity index (χ1v) is 8.72. The molecule has 0 aliphatic carbocycles. The van der Waals surface area contributed by atoms with E-state index in [4.69, 9.17) is 0 Å². The lowest BCUT2D eigenvalue weighted by Gasteiger charge is -2.04. The summed E-state index contributed by atoms with van der Waals surface area (Å²) in [7, 11) is 1.26. The Morgan fingerprint density at radius 3 is 2.83 bits per heavy atom. The van der Waals surface area contributed by atoms with Gasteiger partial charge in [-0.05, 0) is 23.6 Å². The number of para-hydroxylation sites is 1. The molecule has 0 saturated carbocycles. The molecule has 3 aromatic rings. The Morgan fingerprint density at radius 2 is 2.12 bits per heavy atom. The van der Waals surface area contributed by atoms with E-state index in [-0.39, 0.29) is 29.2 Å². The van der Waals surface area contributed by atoms with Gasteiger partial charge in [0.05, 0.1) is 23.7 Å². The van der Waals surface area contributed by atoms with Crippen LogP contribution in [0.4, 0.5) is 4.39 Å². The van der Waals surface area contributed by atoms with E-state index in [1.807, 2.05) is 17.5 Å². The van der Waals surface area contributed by atoms with E-state index in [1.54, 1.807) is 12.1 Å². The van der Waals surface area contributed by atoms with Crippen LogP contribution in [-0.4, -0.2) is 23.6 Å². The van der Waals surface area contributed by atoms with Gasteiger partial charge in [-0.2, -0.15) is 4.99 Å². The maximum Gasteiger partial charge on any atom is 0.325 e. The highest BCUT2D eigenvalue weighted by atomic mass is 32.1. The summed E-state index contributed by atoms with van der Waals surface area (Å²) in [5.41, 5.74) is 0.246. The standard InChI is InChI=1S/C16H13FN2O3S2/c1-22-14(21)9-19-15-11(17)5-2-6-12(15)24-16(19)18-13(20)8-10-4-3-7-23-10/h2-7H,8-9H2,1H3. The third-order valence-electron chi connectivity index (χ3n) is 3.29. The van der Waals surface area contributed by atoms with Crippen molar-refractivity contribution in [2.24, 2.45) is 4.99 Å². The number of nitrogens with zero attached hydrogens (tertiary/aromatic N) is 2. The molecule has 8 heteroatoms. The van der Waals surface area contributed by atoms with Crippen molar-refractivity contribution in [1.29, 1.82) is 0 Å². The zero-order valence-electron chi connectivity index (χ0n) is 12.7. The highest BCUT2D eigenvalue weighted by molar-refractivity contribution is 7.16. The highest BCUT2D eigenvalue weighted by Gasteiger charge is 2.15. The molecule has 0 spiro atoms. The summed E-state index contributed by atoms with van der Waals surface area (Å²) in [6.07, 6.45) is 0.173. The number of halogens is 1. The van der Waals surface area contributed by atoms with Crippen LogP contribution in [0.5, 0.6) is 0 Å². The van der Waals surface area contributed by atoms with Crippen molar-refractivity contribution in [2.45, 2.75) is 13.0 Å². The van der Waals surface area contributed by atoms with Gasteiger partial charge >= 0.3 is 5.97 Å². The summed E-state index contributed by atoms with van der Waals surface area (Å²) < 4.78 is 20.8. The van der Waals surface area contributed by atoms with Crippen LogP contribution < -0.4 is 4.80 Å². The first-order chi connectivity index (χ1) is 11.6. The molecule has 0 atom stereocenters. The predicted molar refractivity (Wildman–Crippen MR) is 90.4 cm³/mol. The number of carbonyl (C=O) groups is 2. The fourth-order valence-corrected chi connectivity index (χ4v) is 3.98. The Hall–Kier alpha value is -2.32. The van der Waals surface area contributed by atoms with Crippen molar-refractivity contribution in [3.05, 3.63) is 51.2 Å². The molecule has 0 aliphatic heterocycles. The quantitative estimate of drug-likeness (QED) is 0.669. The molecular formula is C16H13FN2O3S2. The van der Waals surface area contributed by atoms with Gasteiger partial charge in [-0.15, -0.1) is 11.3 Å². The van der Waals surface area contributed by atoms with Gasteiger partial charge in [-0.1, -0.05) is 23.5 Å². The minimum Gasteiger partial charge on any atom is -0.468 e. The largest absolute Gasteiger partial charge is 0.468 e. The second-order valence-corrected chi connectivity index (χ2v) is 6.94. The molecule has 2 heterocycles. The average molecular weight is 364 g/mol. The summed E-state index contributed by atoms with van der Waals surface area (Å²) in [6, 6.07) is 8.32. The molecule has 1 amide bonds. The van der Waals surface area contributed by atoms with E-state index in [9.17, 15) is 14.0 Å². The number of thiazole rings is 1. The van der Waals surface area contributed by atoms with Crippen molar-refractivity contribution in [2.75, 3.05) is 7.11 Å². The molecule has 0 radical (unpaired) electrons. The van der Waals surface area contributed by atoms with Crippen molar-refractivity contribution >= 4 is 44.8 Å². The van der Waals surface area contributed by atoms with Crippen LogP contribution in [-0.2, 0) is 27.3 Å². The van der Waals surface area contributed by atoms with E-state index in [0.717, 1.165) is 16.2 Å². The molecule has 0 saturated heterocycles. The molecule has 3 rings (SSSR count). The van der Waals surface area contributed by atoms with Gasteiger partial charge < -0.3 is 9.30 Å². The average Bonchev–Trinajstić information content (AvgIpc) is 3.16. The lowest BCUT2D eigenvalue weighted by molar-refractivity contribution is -0.141. The van der Waals surface area contributed by atoms with E-state index in [1.165, 1.54) is 29.1 Å². The molecule has 124 valence electrons. The summed E-state index contributed by atoms with van der Waals surface area (Å²) in [6.45, 7) is -0.206. The van der Waals surface area contributed by atoms with Crippen molar-refractivity contribution in [3.63, 3.8) is 0 Å². The van der Waals surface area contributed by atoms with Crippen LogP contribution in [0.1, 0.15) is 4.88 Å². The molecule has 1 aromatic carbocycles. The van der Waals surface area contributed by atoms with Gasteiger partial charge in [0.15, 0.2) is 4.80 Å². The van der Waals surface area contributed by atoms with Crippen molar-refractivity contribution in [3.8, 4) is 0 Å². The zero-order valence-corrected chi connectivity index (χ0v) is 14.3. The van der Waals surface area contributed by atoms with Crippen LogP contribution in [0.3, 0.4) is 0 Å². The van der Waals surface area contributed by atoms with Gasteiger partial charge in [0.2, 0.25) is 0 Å². The van der Waals surface area contributed by atoms with Crippen molar-refractivity contribution < 1.29 is 18.7 Å². The van der Waals surface area contributed by atoms with Crippen molar-refractivity contribution in [1.82, 2.24) is 4.57 Å². The first-order valence-electron chi connectivity index (χ1n) is 7.03. The number of thiophene rings is 1. The fraction of sp³-hybridized carbons (Fsp3) is 0.188. The number of fused-ring (bicyclic) bond motifs is 1. The third-order valence-corrected chi connectivity index (χ3v) is 5.21. The van der Waals surface area contributed by atoms with Crippen LogP contribution in [0.25, 0.3) is 10.2 Å². The Balaban J connectivity index is 2.07. The number of rotatable bonds is 4. The molecular weight excluding hydrogens is 351 g/mol. The Labute approximate surface area is 144 Å². The van der Waals surface area contributed by atoms with E-state index < -0.39 is 11.8 Å². The van der Waals surface area contributed by atoms with Gasteiger partial charge in [-0.3, -0.25) is 9.59 Å². The molecule has 0 bridgehead atoms. The monoisotopic (exact) mass is 364 g/mol. The topological polar surface area (TPSA) is 60.7 Å². The minimum absolute atomic E-state index is 0.173. The van der Waals surface area contributed by atoms with Crippen LogP contribution in [0, 0.1) is 5.82 Å². The zero-order chi connectivity index (χ0) is 17.1. The number of amides is 1. The summed E-state index contributed by atoms with van der Waals surface area (Å²) in [4.78, 5) is 29.1. The Bertz CT molecular complexity index is 958. The SMILES string of the molecule is COC(=O)Cn1c(=NC(=O)Cc2cccs2)sc2cccc(F)c21. The molecule has 0 aliphatic rings. The number of methoxy groups -OCH3 is 1. The Morgan fingerprint density at radius 1 is 1.29 bits per heavy atom. The fourth-order valence-electron chi connectivity index (χ4n) is 2.22. The molecule has 24 heavy (non-hydrogen) atoms. The van der Waals surface area contributed by atoms with E-state index in [0.29, 0.717) is 4.70 Å². The summed E-state index contributed by atoms with van der Waals surface area (Å²) >= 11 is 2.63. The molecule has 2 aromatic heterocycles. The normalized spacial score (nSPS) is 11.8. The summed E-state index contributed by atoms with van der Waals surface area (Å²) in [5, 5.41) is 1.88. The van der Waals surface area contributed by atoms with Gasteiger partial charge in [0, 0.05) is 4.88 Å². The number of ether oxygens (including phenoxy) is 1. The second kappa shape index (κ2) is 7.06. The molecule has 0 unspecified atom stereocenters. The van der Waals surface area contributed by atoms with E-state index >= 15 is 0 Å². The number of benzene rings is 1. The summed E-state index contributed by atoms with van der Waals surface area (Å²) in [5.74, 6) is -1.35. The lowest BCUT2D eigenvalue weighted by Crippen LogP contribution is -2.23. The third kappa shape index (κ3) is 3.44. The smallest absolute Gasteiger partial charge is 0.325 e. The lowest BCUT2D eigenvalue weighted by atomic mass is 10.3. The van der Waals surface area contributed by atoms with E-state index in [2.05, 4.69) is 9.73 Å². The number of aromatic nitrogens is 1. The molecule has 5 nitrogen and oxygen atoms in total. The van der Waals surface area contributed by atoms with Gasteiger partial charge in [0.25, 0.3) is 5.91 Å². The maximum atomic E-state index is 14.2. The Kier molecular flexibility index (Phi) is 4.86. The highest BCUT2D eigenvalue weighted by Crippen LogP contribution is 2.20. The van der Waals surface area contributed by atoms with Gasteiger partial charge in [0.1, 0.15) is 12.4 Å². The molecule has 0 fully saturated rings. The number of esters is 1. The van der Waals surface area contributed by atoms with Crippen LogP contribution >= 0.6 is 22.7 Å². The maximum absolute atomic E-state index is 14.2. The predicted octanol–water partition coefficient (Wildman–Crippen LogP) is 2.75.